The number of hydrogen-bond donors (Lipinski definition) is 2. The molecule has 0 aliphatic rings. The summed E-state index contributed by atoms with van der Waals surface area (Å²) in [5.74, 6) is -2.08. The predicted molar refractivity (Wildman–Crippen MR) is 123 cm³/mol. The van der Waals surface area contributed by atoms with Crippen molar-refractivity contribution in [1.29, 1.82) is 0 Å². The fraction of sp³-hybridized carbons (Fsp3) is 0.296. The van der Waals surface area contributed by atoms with Crippen molar-refractivity contribution >= 4 is 5.91 Å². The molecule has 174 valence electrons. The van der Waals surface area contributed by atoms with Crippen LogP contribution in [0.2, 0.25) is 0 Å². The Morgan fingerprint density at radius 2 is 1.36 bits per heavy atom. The molecule has 0 fully saturated rings. The molecule has 0 aliphatic heterocycles. The van der Waals surface area contributed by atoms with Crippen LogP contribution in [0.15, 0.2) is 72.8 Å². The summed E-state index contributed by atoms with van der Waals surface area (Å²) in [4.78, 5) is 12.1. The third-order valence-electron chi connectivity index (χ3n) is 5.76. The highest BCUT2D eigenvalue weighted by Crippen LogP contribution is 2.35. The number of amides is 1. The Morgan fingerprint density at radius 1 is 0.848 bits per heavy atom. The van der Waals surface area contributed by atoms with E-state index in [1.165, 1.54) is 0 Å². The lowest BCUT2D eigenvalue weighted by Gasteiger charge is -2.38. The number of aliphatic hydroxyl groups is 1. The first-order valence-corrected chi connectivity index (χ1v) is 10.7. The van der Waals surface area contributed by atoms with Crippen LogP contribution in [0.1, 0.15) is 39.4 Å². The Labute approximate surface area is 192 Å². The van der Waals surface area contributed by atoms with E-state index in [4.69, 9.17) is 0 Å². The zero-order valence-electron chi connectivity index (χ0n) is 18.9. The van der Waals surface area contributed by atoms with Gasteiger partial charge in [-0.05, 0) is 43.0 Å². The first-order valence-electron chi connectivity index (χ1n) is 10.7. The first-order chi connectivity index (χ1) is 15.5. The molecule has 2 N–H and O–H groups in total. The van der Waals surface area contributed by atoms with Gasteiger partial charge < -0.3 is 10.4 Å². The molecule has 0 aromatic heterocycles. The largest absolute Gasteiger partial charge is 0.471 e. The van der Waals surface area contributed by atoms with Gasteiger partial charge in [-0.15, -0.1) is 0 Å². The molecule has 0 saturated carbocycles. The van der Waals surface area contributed by atoms with Gasteiger partial charge in [0, 0.05) is 12.8 Å². The summed E-state index contributed by atoms with van der Waals surface area (Å²) in [6, 6.07) is 20.5. The number of carbonyl (C=O) groups excluding carboxylic acids is 1. The van der Waals surface area contributed by atoms with Crippen LogP contribution in [0.4, 0.5) is 13.2 Å². The number of alkyl halides is 3. The summed E-state index contributed by atoms with van der Waals surface area (Å²) in [7, 11) is 0. The maximum atomic E-state index is 13.3. The molecule has 0 aliphatic carbocycles. The molecule has 0 bridgehead atoms. The summed E-state index contributed by atoms with van der Waals surface area (Å²) in [6.07, 6.45) is -4.96. The Morgan fingerprint density at radius 3 is 1.82 bits per heavy atom. The molecule has 0 radical (unpaired) electrons. The smallest absolute Gasteiger partial charge is 0.387 e. The highest BCUT2D eigenvalue weighted by Gasteiger charge is 2.46. The lowest BCUT2D eigenvalue weighted by Crippen LogP contribution is -2.52. The molecule has 0 heterocycles. The Hall–Kier alpha value is -3.12. The van der Waals surface area contributed by atoms with Gasteiger partial charge >= 0.3 is 12.1 Å². The quantitative estimate of drug-likeness (QED) is 0.491. The summed E-state index contributed by atoms with van der Waals surface area (Å²) < 4.78 is 39.8. The predicted octanol–water partition coefficient (Wildman–Crippen LogP) is 5.55. The van der Waals surface area contributed by atoms with Crippen molar-refractivity contribution in [3.05, 3.63) is 106 Å². The SMILES string of the molecule is Cc1cccc(CC(O)(Cc2cccc(C)c2)C(NC(=O)C(F)(F)F)c2ccccc2C)c1. The minimum Gasteiger partial charge on any atom is -0.387 e. The van der Waals surface area contributed by atoms with Crippen LogP contribution < -0.4 is 5.32 Å². The third-order valence-corrected chi connectivity index (χ3v) is 5.76. The van der Waals surface area contributed by atoms with Gasteiger partial charge in [0.05, 0.1) is 11.6 Å². The van der Waals surface area contributed by atoms with Crippen molar-refractivity contribution in [2.45, 2.75) is 51.4 Å². The molecule has 3 rings (SSSR count). The van der Waals surface area contributed by atoms with E-state index in [1.807, 2.05) is 62.4 Å². The van der Waals surface area contributed by atoms with E-state index < -0.39 is 23.7 Å². The van der Waals surface area contributed by atoms with Gasteiger partial charge in [-0.25, -0.2) is 0 Å². The van der Waals surface area contributed by atoms with E-state index in [2.05, 4.69) is 5.32 Å². The average Bonchev–Trinajstić information content (AvgIpc) is 2.71. The third kappa shape index (κ3) is 6.23. The van der Waals surface area contributed by atoms with Crippen molar-refractivity contribution in [2.75, 3.05) is 0 Å². The van der Waals surface area contributed by atoms with Crippen LogP contribution in [-0.2, 0) is 17.6 Å². The molecule has 1 atom stereocenters. The molecule has 3 aromatic rings. The lowest BCUT2D eigenvalue weighted by atomic mass is 9.77. The number of nitrogens with one attached hydrogen (secondary N) is 1. The lowest BCUT2D eigenvalue weighted by molar-refractivity contribution is -0.176. The van der Waals surface area contributed by atoms with Crippen molar-refractivity contribution < 1.29 is 23.1 Å². The average molecular weight is 456 g/mol. The molecule has 1 amide bonds. The molecule has 0 saturated heterocycles. The minimum atomic E-state index is -5.07. The zero-order chi connectivity index (χ0) is 24.2. The van der Waals surface area contributed by atoms with Gasteiger partial charge in [-0.3, -0.25) is 4.79 Å². The fourth-order valence-electron chi connectivity index (χ4n) is 4.24. The van der Waals surface area contributed by atoms with Crippen LogP contribution in [0.3, 0.4) is 0 Å². The number of benzene rings is 3. The molecular weight excluding hydrogens is 427 g/mol. The maximum Gasteiger partial charge on any atom is 0.471 e. The van der Waals surface area contributed by atoms with E-state index in [0.29, 0.717) is 11.1 Å². The molecular formula is C27H28F3NO2. The topological polar surface area (TPSA) is 49.3 Å². The Bertz CT molecular complexity index is 1080. The monoisotopic (exact) mass is 455 g/mol. The van der Waals surface area contributed by atoms with Gasteiger partial charge in [0.15, 0.2) is 0 Å². The van der Waals surface area contributed by atoms with Crippen LogP contribution >= 0.6 is 0 Å². The van der Waals surface area contributed by atoms with Crippen LogP contribution in [-0.4, -0.2) is 22.8 Å². The Kier molecular flexibility index (Phi) is 7.28. The van der Waals surface area contributed by atoms with Crippen molar-refractivity contribution in [1.82, 2.24) is 5.32 Å². The van der Waals surface area contributed by atoms with E-state index in [-0.39, 0.29) is 12.8 Å². The zero-order valence-corrected chi connectivity index (χ0v) is 18.9. The van der Waals surface area contributed by atoms with E-state index in [1.54, 1.807) is 31.2 Å². The standard InChI is InChI=1S/C27H28F3NO2/c1-18-8-6-11-21(14-18)16-26(33,17-22-12-7-9-19(2)15-22)24(31-25(32)27(28,29)30)23-13-5-4-10-20(23)3/h4-15,24,33H,16-17H2,1-3H3,(H,31,32). The van der Waals surface area contributed by atoms with E-state index in [0.717, 1.165) is 22.3 Å². The first kappa shape index (κ1) is 24.5. The summed E-state index contributed by atoms with van der Waals surface area (Å²) in [5, 5.41) is 14.2. The molecule has 33 heavy (non-hydrogen) atoms. The second-order valence-electron chi connectivity index (χ2n) is 8.70. The summed E-state index contributed by atoms with van der Waals surface area (Å²) >= 11 is 0. The van der Waals surface area contributed by atoms with E-state index in [9.17, 15) is 23.1 Å². The van der Waals surface area contributed by atoms with Gasteiger partial charge in [-0.2, -0.15) is 13.2 Å². The van der Waals surface area contributed by atoms with Crippen LogP contribution in [0, 0.1) is 20.8 Å². The van der Waals surface area contributed by atoms with Crippen LogP contribution in [0.25, 0.3) is 0 Å². The second kappa shape index (κ2) is 9.79. The number of rotatable bonds is 7. The maximum absolute atomic E-state index is 13.3. The summed E-state index contributed by atoms with van der Waals surface area (Å²) in [6.45, 7) is 5.57. The van der Waals surface area contributed by atoms with Gasteiger partial charge in [0.1, 0.15) is 0 Å². The number of halogens is 3. The second-order valence-corrected chi connectivity index (χ2v) is 8.70. The fourth-order valence-corrected chi connectivity index (χ4v) is 4.24. The minimum absolute atomic E-state index is 0.0553. The highest BCUT2D eigenvalue weighted by molar-refractivity contribution is 5.82. The molecule has 3 aromatic carbocycles. The summed E-state index contributed by atoms with van der Waals surface area (Å²) in [5.41, 5.74) is 2.87. The number of hydrogen-bond acceptors (Lipinski definition) is 2. The van der Waals surface area contributed by atoms with Crippen molar-refractivity contribution in [2.24, 2.45) is 0 Å². The van der Waals surface area contributed by atoms with E-state index >= 15 is 0 Å². The normalized spacial score (nSPS) is 12.9. The molecule has 3 nitrogen and oxygen atoms in total. The van der Waals surface area contributed by atoms with Gasteiger partial charge in [0.25, 0.3) is 0 Å². The van der Waals surface area contributed by atoms with Gasteiger partial charge in [0.2, 0.25) is 0 Å². The number of carbonyl (C=O) groups is 1. The highest BCUT2D eigenvalue weighted by atomic mass is 19.4. The van der Waals surface area contributed by atoms with Crippen LogP contribution in [0.5, 0.6) is 0 Å². The number of aryl methyl sites for hydroxylation is 3. The Balaban J connectivity index is 2.14. The molecule has 0 spiro atoms. The van der Waals surface area contributed by atoms with Crippen molar-refractivity contribution in [3.63, 3.8) is 0 Å². The van der Waals surface area contributed by atoms with Crippen molar-refractivity contribution in [3.8, 4) is 0 Å². The molecule has 6 heteroatoms. The molecule has 1 unspecified atom stereocenters. The van der Waals surface area contributed by atoms with Gasteiger partial charge in [-0.1, -0.05) is 83.9 Å².